The SMILES string of the molecule is Cc1ccc(NC[C@H](CC(C)C)NC(=O)[C@@H]2CCCC[C@@H]2NC(=O)c2cc3ccccc3n2C)cc1. The summed E-state index contributed by atoms with van der Waals surface area (Å²) in [7, 11) is 1.92. The molecule has 3 N–H and O–H groups in total. The van der Waals surface area contributed by atoms with Crippen LogP contribution in [0.2, 0.25) is 0 Å². The number of carbonyl (C=O) groups excluding carboxylic acids is 2. The fraction of sp³-hybridized carbons (Fsp3) is 0.467. The van der Waals surface area contributed by atoms with E-state index in [9.17, 15) is 9.59 Å². The molecule has 3 aromatic rings. The van der Waals surface area contributed by atoms with Crippen LogP contribution in [0.25, 0.3) is 10.9 Å². The van der Waals surface area contributed by atoms with Crippen molar-refractivity contribution in [2.24, 2.45) is 18.9 Å². The smallest absolute Gasteiger partial charge is 0.268 e. The topological polar surface area (TPSA) is 75.2 Å². The summed E-state index contributed by atoms with van der Waals surface area (Å²) in [6, 6.07) is 18.1. The molecule has 3 atom stereocenters. The summed E-state index contributed by atoms with van der Waals surface area (Å²) in [5.74, 6) is 0.182. The van der Waals surface area contributed by atoms with Crippen molar-refractivity contribution in [2.45, 2.75) is 65.0 Å². The normalized spacial score (nSPS) is 18.7. The van der Waals surface area contributed by atoms with E-state index in [1.165, 1.54) is 5.56 Å². The second-order valence-corrected chi connectivity index (χ2v) is 10.7. The standard InChI is InChI=1S/C30H40N4O2/c1-20(2)17-24(19-31-23-15-13-21(3)14-16-23)32-29(35)25-10-6-7-11-26(25)33-30(36)28-18-22-9-5-8-12-27(22)34(28)4/h5,8-9,12-16,18,20,24-26,31H,6-7,10-11,17,19H2,1-4H3,(H,32,35)(H,33,36)/t24-,25+,26-/m0/s1. The van der Waals surface area contributed by atoms with Gasteiger partial charge in [-0.2, -0.15) is 0 Å². The molecule has 0 radical (unpaired) electrons. The van der Waals surface area contributed by atoms with Gasteiger partial charge in [0.05, 0.1) is 5.92 Å². The second-order valence-electron chi connectivity index (χ2n) is 10.7. The zero-order chi connectivity index (χ0) is 25.7. The Morgan fingerprint density at radius 2 is 1.75 bits per heavy atom. The summed E-state index contributed by atoms with van der Waals surface area (Å²) in [5.41, 5.74) is 3.93. The molecule has 1 aliphatic carbocycles. The Morgan fingerprint density at radius 3 is 2.47 bits per heavy atom. The van der Waals surface area contributed by atoms with E-state index in [-0.39, 0.29) is 29.8 Å². The van der Waals surface area contributed by atoms with Gasteiger partial charge in [0.15, 0.2) is 0 Å². The minimum atomic E-state index is -0.216. The van der Waals surface area contributed by atoms with Crippen molar-refractivity contribution in [3.63, 3.8) is 0 Å². The Balaban J connectivity index is 1.42. The van der Waals surface area contributed by atoms with Crippen LogP contribution in [0, 0.1) is 18.8 Å². The first-order chi connectivity index (χ1) is 17.3. The van der Waals surface area contributed by atoms with Gasteiger partial charge in [0.25, 0.3) is 5.91 Å². The lowest BCUT2D eigenvalue weighted by Gasteiger charge is -2.33. The van der Waals surface area contributed by atoms with Gasteiger partial charge in [0, 0.05) is 42.3 Å². The molecule has 0 aliphatic heterocycles. The fourth-order valence-corrected chi connectivity index (χ4v) is 5.35. The van der Waals surface area contributed by atoms with Crippen molar-refractivity contribution < 1.29 is 9.59 Å². The number of hydrogen-bond acceptors (Lipinski definition) is 3. The van der Waals surface area contributed by atoms with Crippen LogP contribution in [0.5, 0.6) is 0 Å². The summed E-state index contributed by atoms with van der Waals surface area (Å²) >= 11 is 0. The molecule has 2 amide bonds. The molecular formula is C30H40N4O2. The van der Waals surface area contributed by atoms with E-state index in [1.54, 1.807) is 0 Å². The van der Waals surface area contributed by atoms with Crippen LogP contribution in [0.3, 0.4) is 0 Å². The van der Waals surface area contributed by atoms with Crippen molar-refractivity contribution in [3.8, 4) is 0 Å². The van der Waals surface area contributed by atoms with Gasteiger partial charge in [0.2, 0.25) is 5.91 Å². The summed E-state index contributed by atoms with van der Waals surface area (Å²) in [6.45, 7) is 7.11. The summed E-state index contributed by atoms with van der Waals surface area (Å²) in [5, 5.41) is 11.1. The average molecular weight is 489 g/mol. The molecule has 192 valence electrons. The Bertz CT molecular complexity index is 1180. The molecule has 6 nitrogen and oxygen atoms in total. The molecule has 1 aromatic heterocycles. The van der Waals surface area contributed by atoms with Crippen molar-refractivity contribution in [1.82, 2.24) is 15.2 Å². The van der Waals surface area contributed by atoms with Crippen molar-refractivity contribution >= 4 is 28.4 Å². The van der Waals surface area contributed by atoms with Gasteiger partial charge in [-0.15, -0.1) is 0 Å². The lowest BCUT2D eigenvalue weighted by Crippen LogP contribution is -2.51. The third-order valence-corrected chi connectivity index (χ3v) is 7.31. The number of hydrogen-bond donors (Lipinski definition) is 3. The fourth-order valence-electron chi connectivity index (χ4n) is 5.35. The molecule has 0 saturated heterocycles. The zero-order valence-corrected chi connectivity index (χ0v) is 22.0. The number of nitrogens with zero attached hydrogens (tertiary/aromatic N) is 1. The number of aromatic nitrogens is 1. The lowest BCUT2D eigenvalue weighted by molar-refractivity contribution is -0.127. The van der Waals surface area contributed by atoms with Gasteiger partial charge < -0.3 is 20.5 Å². The molecule has 6 heteroatoms. The van der Waals surface area contributed by atoms with Crippen LogP contribution < -0.4 is 16.0 Å². The number of rotatable bonds is 9. The van der Waals surface area contributed by atoms with Gasteiger partial charge in [-0.25, -0.2) is 0 Å². The van der Waals surface area contributed by atoms with Crippen molar-refractivity contribution in [2.75, 3.05) is 11.9 Å². The summed E-state index contributed by atoms with van der Waals surface area (Å²) in [4.78, 5) is 26.7. The number of anilines is 1. The maximum Gasteiger partial charge on any atom is 0.268 e. The average Bonchev–Trinajstić information content (AvgIpc) is 3.20. The minimum Gasteiger partial charge on any atom is -0.383 e. The zero-order valence-electron chi connectivity index (χ0n) is 22.0. The third kappa shape index (κ3) is 6.28. The predicted molar refractivity (Wildman–Crippen MR) is 147 cm³/mol. The number of aryl methyl sites for hydroxylation is 2. The maximum absolute atomic E-state index is 13.5. The number of para-hydroxylation sites is 1. The van der Waals surface area contributed by atoms with Crippen LogP contribution in [0.1, 0.15) is 62.0 Å². The van der Waals surface area contributed by atoms with Crippen LogP contribution in [-0.4, -0.2) is 35.0 Å². The minimum absolute atomic E-state index is 0.0234. The van der Waals surface area contributed by atoms with Gasteiger partial charge in [-0.3, -0.25) is 9.59 Å². The van der Waals surface area contributed by atoms with Crippen LogP contribution in [-0.2, 0) is 11.8 Å². The molecule has 0 unspecified atom stereocenters. The molecule has 1 heterocycles. The van der Waals surface area contributed by atoms with E-state index >= 15 is 0 Å². The molecule has 1 fully saturated rings. The van der Waals surface area contributed by atoms with E-state index in [0.717, 1.165) is 48.7 Å². The van der Waals surface area contributed by atoms with Crippen LogP contribution >= 0.6 is 0 Å². The Morgan fingerprint density at radius 1 is 1.03 bits per heavy atom. The van der Waals surface area contributed by atoms with E-state index in [1.807, 2.05) is 41.9 Å². The van der Waals surface area contributed by atoms with Gasteiger partial charge in [-0.1, -0.05) is 62.6 Å². The van der Waals surface area contributed by atoms with Gasteiger partial charge in [-0.05, 0) is 56.4 Å². The number of benzene rings is 2. The van der Waals surface area contributed by atoms with E-state index < -0.39 is 0 Å². The van der Waals surface area contributed by atoms with Crippen molar-refractivity contribution in [3.05, 3.63) is 65.9 Å². The highest BCUT2D eigenvalue weighted by Gasteiger charge is 2.33. The van der Waals surface area contributed by atoms with Gasteiger partial charge >= 0.3 is 0 Å². The predicted octanol–water partition coefficient (Wildman–Crippen LogP) is 5.42. The Kier molecular flexibility index (Phi) is 8.34. The van der Waals surface area contributed by atoms with Crippen LogP contribution in [0.15, 0.2) is 54.6 Å². The highest BCUT2D eigenvalue weighted by Crippen LogP contribution is 2.26. The molecule has 1 aliphatic rings. The lowest BCUT2D eigenvalue weighted by atomic mass is 9.83. The molecule has 1 saturated carbocycles. The monoisotopic (exact) mass is 488 g/mol. The maximum atomic E-state index is 13.5. The Labute approximate surface area is 214 Å². The largest absolute Gasteiger partial charge is 0.383 e. The molecule has 0 bridgehead atoms. The molecule has 36 heavy (non-hydrogen) atoms. The van der Waals surface area contributed by atoms with E-state index in [4.69, 9.17) is 0 Å². The first kappa shape index (κ1) is 25.8. The molecule has 0 spiro atoms. The third-order valence-electron chi connectivity index (χ3n) is 7.31. The quantitative estimate of drug-likeness (QED) is 0.377. The molecular weight excluding hydrogens is 448 g/mol. The summed E-state index contributed by atoms with van der Waals surface area (Å²) < 4.78 is 1.93. The number of fused-ring (bicyclic) bond motifs is 1. The Hall–Kier alpha value is -3.28. The first-order valence-corrected chi connectivity index (χ1v) is 13.3. The second kappa shape index (κ2) is 11.6. The van der Waals surface area contributed by atoms with E-state index in [2.05, 4.69) is 61.0 Å². The van der Waals surface area contributed by atoms with Gasteiger partial charge in [0.1, 0.15) is 5.69 Å². The number of amides is 2. The number of nitrogens with one attached hydrogen (secondary N) is 3. The van der Waals surface area contributed by atoms with Crippen molar-refractivity contribution in [1.29, 1.82) is 0 Å². The molecule has 4 rings (SSSR count). The highest BCUT2D eigenvalue weighted by molar-refractivity contribution is 5.99. The first-order valence-electron chi connectivity index (χ1n) is 13.3. The van der Waals surface area contributed by atoms with Crippen LogP contribution in [0.4, 0.5) is 5.69 Å². The number of carbonyl (C=O) groups is 2. The van der Waals surface area contributed by atoms with E-state index in [0.29, 0.717) is 18.2 Å². The highest BCUT2D eigenvalue weighted by atomic mass is 16.2. The summed E-state index contributed by atoms with van der Waals surface area (Å²) in [6.07, 6.45) is 4.55. The molecule has 2 aromatic carbocycles.